The number of hydrogen-bond donors (Lipinski definition) is 0. The summed E-state index contributed by atoms with van der Waals surface area (Å²) < 4.78 is 6.64. The lowest BCUT2D eigenvalue weighted by Crippen LogP contribution is -2.32. The highest BCUT2D eigenvalue weighted by Gasteiger charge is 2.52. The SMILES string of the molecule is c1ccc(-c2nc(-c3ccccc3)nc(-c3cccc4c3-c3ccc(-c5ncc6ccccc6n5)cc3C43c4ccccc4Oc4ccccc43)n2)cc1. The monoisotopic (exact) mass is 691 g/mol. The second kappa shape index (κ2) is 11.9. The predicted molar refractivity (Wildman–Crippen MR) is 212 cm³/mol. The average Bonchev–Trinajstić information content (AvgIpc) is 3.54. The molecule has 2 aliphatic rings. The van der Waals surface area contributed by atoms with E-state index in [1.165, 1.54) is 0 Å². The van der Waals surface area contributed by atoms with Crippen LogP contribution < -0.4 is 4.74 Å². The van der Waals surface area contributed by atoms with E-state index in [1.807, 2.05) is 103 Å². The van der Waals surface area contributed by atoms with Crippen molar-refractivity contribution in [3.63, 3.8) is 0 Å². The maximum atomic E-state index is 6.64. The van der Waals surface area contributed by atoms with Gasteiger partial charge in [-0.05, 0) is 46.5 Å². The molecule has 6 nitrogen and oxygen atoms in total. The van der Waals surface area contributed by atoms with Crippen molar-refractivity contribution in [1.29, 1.82) is 0 Å². The molecule has 54 heavy (non-hydrogen) atoms. The van der Waals surface area contributed by atoms with Gasteiger partial charge in [-0.1, -0.05) is 146 Å². The van der Waals surface area contributed by atoms with Crippen LogP contribution in [0.25, 0.3) is 67.6 Å². The minimum atomic E-state index is -0.712. The van der Waals surface area contributed by atoms with Gasteiger partial charge in [0.25, 0.3) is 0 Å². The molecule has 0 amide bonds. The molecule has 0 atom stereocenters. The van der Waals surface area contributed by atoms with Crippen LogP contribution in [0.3, 0.4) is 0 Å². The summed E-state index contributed by atoms with van der Waals surface area (Å²) >= 11 is 0. The van der Waals surface area contributed by atoms with E-state index in [4.69, 9.17) is 29.7 Å². The first-order chi connectivity index (χ1) is 26.8. The van der Waals surface area contributed by atoms with Crippen LogP contribution in [-0.2, 0) is 5.41 Å². The molecule has 1 aliphatic heterocycles. The first-order valence-corrected chi connectivity index (χ1v) is 18.0. The highest BCUT2D eigenvalue weighted by molar-refractivity contribution is 5.96. The largest absolute Gasteiger partial charge is 0.457 e. The summed E-state index contributed by atoms with van der Waals surface area (Å²) in [6, 6.07) is 58.3. The zero-order chi connectivity index (χ0) is 35.6. The van der Waals surface area contributed by atoms with E-state index in [1.54, 1.807) is 0 Å². The minimum Gasteiger partial charge on any atom is -0.457 e. The van der Waals surface area contributed by atoms with Gasteiger partial charge in [-0.3, -0.25) is 0 Å². The first-order valence-electron chi connectivity index (χ1n) is 18.0. The van der Waals surface area contributed by atoms with Crippen molar-refractivity contribution in [2.24, 2.45) is 0 Å². The number of rotatable bonds is 4. The molecular formula is C48H29N5O. The maximum absolute atomic E-state index is 6.64. The maximum Gasteiger partial charge on any atom is 0.164 e. The fraction of sp³-hybridized carbons (Fsp3) is 0.0208. The molecule has 2 aromatic heterocycles. The number of para-hydroxylation sites is 3. The summed E-state index contributed by atoms with van der Waals surface area (Å²) in [4.78, 5) is 25.3. The van der Waals surface area contributed by atoms with E-state index < -0.39 is 5.41 Å². The van der Waals surface area contributed by atoms with Crippen LogP contribution in [0.15, 0.2) is 176 Å². The Hall–Kier alpha value is -7.31. The summed E-state index contributed by atoms with van der Waals surface area (Å²) in [5.74, 6) is 4.18. The van der Waals surface area contributed by atoms with Gasteiger partial charge in [-0.25, -0.2) is 24.9 Å². The Kier molecular flexibility index (Phi) is 6.67. The second-order valence-corrected chi connectivity index (χ2v) is 13.6. The van der Waals surface area contributed by atoms with E-state index in [9.17, 15) is 0 Å². The summed E-state index contributed by atoms with van der Waals surface area (Å²) in [7, 11) is 0. The Morgan fingerprint density at radius 3 is 1.69 bits per heavy atom. The van der Waals surface area contributed by atoms with Gasteiger partial charge >= 0.3 is 0 Å². The highest BCUT2D eigenvalue weighted by atomic mass is 16.5. The molecule has 11 rings (SSSR count). The zero-order valence-corrected chi connectivity index (χ0v) is 28.9. The molecule has 0 N–H and O–H groups in total. The third-order valence-electron chi connectivity index (χ3n) is 10.7. The first kappa shape index (κ1) is 30.3. The van der Waals surface area contributed by atoms with Crippen molar-refractivity contribution in [2.45, 2.75) is 5.41 Å². The van der Waals surface area contributed by atoms with Gasteiger partial charge in [-0.2, -0.15) is 0 Å². The third-order valence-corrected chi connectivity index (χ3v) is 10.7. The molecular weight excluding hydrogens is 663 g/mol. The summed E-state index contributed by atoms with van der Waals surface area (Å²) in [5.41, 5.74) is 10.5. The van der Waals surface area contributed by atoms with Crippen LogP contribution >= 0.6 is 0 Å². The molecule has 7 aromatic carbocycles. The molecule has 0 bridgehead atoms. The zero-order valence-electron chi connectivity index (χ0n) is 28.9. The van der Waals surface area contributed by atoms with Crippen LogP contribution in [0.1, 0.15) is 22.3 Å². The van der Waals surface area contributed by atoms with Crippen molar-refractivity contribution in [2.75, 3.05) is 0 Å². The van der Waals surface area contributed by atoms with Crippen LogP contribution in [0.4, 0.5) is 0 Å². The van der Waals surface area contributed by atoms with Crippen LogP contribution in [-0.4, -0.2) is 24.9 Å². The Morgan fingerprint density at radius 2 is 0.981 bits per heavy atom. The summed E-state index contributed by atoms with van der Waals surface area (Å²) in [6.45, 7) is 0. The number of aromatic nitrogens is 5. The molecule has 252 valence electrons. The van der Waals surface area contributed by atoms with Crippen molar-refractivity contribution in [1.82, 2.24) is 24.9 Å². The Balaban J connectivity index is 1.22. The minimum absolute atomic E-state index is 0.609. The average molecular weight is 692 g/mol. The van der Waals surface area contributed by atoms with Gasteiger partial charge in [0.05, 0.1) is 10.9 Å². The van der Waals surface area contributed by atoms with Gasteiger partial charge in [0.2, 0.25) is 0 Å². The molecule has 0 radical (unpaired) electrons. The number of hydrogen-bond acceptors (Lipinski definition) is 6. The number of fused-ring (bicyclic) bond motifs is 10. The standard InChI is InChI=1S/C48H29N5O/c1-3-14-30(15-4-1)45-51-46(31-16-5-2-6-17-31)53-47(52-45)35-19-13-22-38-43(35)34-27-26-32(44-49-29-33-18-7-10-23-40(33)50-44)28-39(34)48(38)36-20-8-11-24-41(36)54-42-25-12-9-21-37(42)48/h1-29H. The van der Waals surface area contributed by atoms with E-state index >= 15 is 0 Å². The van der Waals surface area contributed by atoms with Gasteiger partial charge < -0.3 is 4.74 Å². The molecule has 0 unspecified atom stereocenters. The number of nitrogens with zero attached hydrogens (tertiary/aromatic N) is 5. The highest BCUT2D eigenvalue weighted by Crippen LogP contribution is 2.63. The second-order valence-electron chi connectivity index (χ2n) is 13.6. The van der Waals surface area contributed by atoms with Gasteiger partial charge in [0.1, 0.15) is 11.5 Å². The Morgan fingerprint density at radius 1 is 0.389 bits per heavy atom. The van der Waals surface area contributed by atoms with Gasteiger partial charge in [0.15, 0.2) is 23.3 Å². The van der Waals surface area contributed by atoms with E-state index in [-0.39, 0.29) is 0 Å². The van der Waals surface area contributed by atoms with Crippen LogP contribution in [0.5, 0.6) is 11.5 Å². The van der Waals surface area contributed by atoms with Crippen LogP contribution in [0.2, 0.25) is 0 Å². The van der Waals surface area contributed by atoms with Crippen molar-refractivity contribution >= 4 is 10.9 Å². The van der Waals surface area contributed by atoms with Crippen LogP contribution in [0, 0.1) is 0 Å². The topological polar surface area (TPSA) is 73.7 Å². The lowest BCUT2D eigenvalue weighted by molar-refractivity contribution is 0.436. The van der Waals surface area contributed by atoms with E-state index in [0.29, 0.717) is 23.3 Å². The quantitative estimate of drug-likeness (QED) is 0.183. The van der Waals surface area contributed by atoms with Gasteiger partial charge in [0, 0.05) is 45.0 Å². The number of ether oxygens (including phenoxy) is 1. The molecule has 0 saturated carbocycles. The molecule has 1 aliphatic carbocycles. The smallest absolute Gasteiger partial charge is 0.164 e. The number of benzene rings is 7. The lowest BCUT2D eigenvalue weighted by Gasteiger charge is -2.39. The van der Waals surface area contributed by atoms with E-state index in [2.05, 4.69) is 72.8 Å². The normalized spacial score (nSPS) is 13.1. The molecule has 0 fully saturated rings. The fourth-order valence-electron chi connectivity index (χ4n) is 8.31. The predicted octanol–water partition coefficient (Wildman–Crippen LogP) is 11.0. The summed E-state index contributed by atoms with van der Waals surface area (Å²) in [5, 5.41) is 1.00. The Bertz CT molecular complexity index is 2820. The molecule has 9 aromatic rings. The van der Waals surface area contributed by atoms with Crippen molar-refractivity contribution < 1.29 is 4.74 Å². The molecule has 6 heteroatoms. The van der Waals surface area contributed by atoms with Crippen molar-refractivity contribution in [3.05, 3.63) is 198 Å². The summed E-state index contributed by atoms with van der Waals surface area (Å²) in [6.07, 6.45) is 1.90. The lowest BCUT2D eigenvalue weighted by atomic mass is 9.66. The molecule has 1 spiro atoms. The van der Waals surface area contributed by atoms with Gasteiger partial charge in [-0.15, -0.1) is 0 Å². The molecule has 0 saturated heterocycles. The Labute approximate surface area is 311 Å². The molecule has 3 heterocycles. The van der Waals surface area contributed by atoms with Crippen molar-refractivity contribution in [3.8, 4) is 68.2 Å². The third kappa shape index (κ3) is 4.50. The van der Waals surface area contributed by atoms with E-state index in [0.717, 1.165) is 78.0 Å². The fourth-order valence-corrected chi connectivity index (χ4v) is 8.31.